The second kappa shape index (κ2) is 10.6. The van der Waals surface area contributed by atoms with Crippen molar-refractivity contribution < 1.29 is 9.53 Å². The number of hydrogen-bond donors (Lipinski definition) is 0. The van der Waals surface area contributed by atoms with Gasteiger partial charge in [0.1, 0.15) is 10.7 Å². The van der Waals surface area contributed by atoms with Gasteiger partial charge in [0.05, 0.1) is 29.2 Å². The maximum absolute atomic E-state index is 13.9. The number of aliphatic imine (C=N–C) groups is 1. The SMILES string of the molecule is CCN(CC)c1ccc(N=C2SC(=C3Sc4ccc(OC)cc4N3C)C(=O)N2c2ccc(C)cc2)cc1. The van der Waals surface area contributed by atoms with E-state index in [0.29, 0.717) is 10.1 Å². The summed E-state index contributed by atoms with van der Waals surface area (Å²) in [6.45, 7) is 8.25. The number of rotatable bonds is 6. The van der Waals surface area contributed by atoms with Gasteiger partial charge < -0.3 is 14.5 Å². The topological polar surface area (TPSA) is 48.4 Å². The molecule has 0 radical (unpaired) electrons. The molecule has 2 aliphatic heterocycles. The highest BCUT2D eigenvalue weighted by Gasteiger charge is 2.40. The number of carbonyl (C=O) groups excluding carboxylic acids is 1. The highest BCUT2D eigenvalue weighted by atomic mass is 32.2. The van der Waals surface area contributed by atoms with Gasteiger partial charge in [-0.25, -0.2) is 4.99 Å². The minimum atomic E-state index is -0.0681. The Balaban J connectivity index is 1.55. The Morgan fingerprint density at radius 1 is 0.946 bits per heavy atom. The van der Waals surface area contributed by atoms with Crippen LogP contribution in [0.1, 0.15) is 19.4 Å². The molecule has 0 unspecified atom stereocenters. The Labute approximate surface area is 227 Å². The fourth-order valence-corrected chi connectivity index (χ4v) is 6.72. The summed E-state index contributed by atoms with van der Waals surface area (Å²) in [4.78, 5) is 26.7. The van der Waals surface area contributed by atoms with Gasteiger partial charge in [0.2, 0.25) is 0 Å². The lowest BCUT2D eigenvalue weighted by Crippen LogP contribution is -2.29. The highest BCUT2D eigenvalue weighted by Crippen LogP contribution is 2.51. The molecule has 2 heterocycles. The summed E-state index contributed by atoms with van der Waals surface area (Å²) >= 11 is 3.03. The summed E-state index contributed by atoms with van der Waals surface area (Å²) in [5.41, 5.74) is 4.96. The van der Waals surface area contributed by atoms with Crippen LogP contribution in [0.2, 0.25) is 0 Å². The Morgan fingerprint density at radius 2 is 1.65 bits per heavy atom. The zero-order chi connectivity index (χ0) is 26.1. The van der Waals surface area contributed by atoms with Crippen LogP contribution >= 0.6 is 23.5 Å². The number of anilines is 3. The van der Waals surface area contributed by atoms with Crippen LogP contribution in [0, 0.1) is 6.92 Å². The number of amides is 1. The van der Waals surface area contributed by atoms with Crippen LogP contribution in [0.4, 0.5) is 22.7 Å². The van der Waals surface area contributed by atoms with Gasteiger partial charge in [-0.05, 0) is 81.1 Å². The molecule has 190 valence electrons. The number of fused-ring (bicyclic) bond motifs is 1. The first-order valence-corrected chi connectivity index (χ1v) is 13.9. The summed E-state index contributed by atoms with van der Waals surface area (Å²) in [5, 5.41) is 1.55. The van der Waals surface area contributed by atoms with E-state index in [-0.39, 0.29) is 5.91 Å². The van der Waals surface area contributed by atoms with Crippen molar-refractivity contribution in [3.63, 3.8) is 0 Å². The number of ether oxygens (including phenoxy) is 1. The van der Waals surface area contributed by atoms with E-state index in [9.17, 15) is 4.79 Å². The van der Waals surface area contributed by atoms with Crippen LogP contribution in [0.25, 0.3) is 0 Å². The van der Waals surface area contributed by atoms with Gasteiger partial charge in [-0.15, -0.1) is 0 Å². The average molecular weight is 531 g/mol. The van der Waals surface area contributed by atoms with Gasteiger partial charge >= 0.3 is 0 Å². The fourth-order valence-electron chi connectivity index (χ4n) is 4.39. The molecule has 1 amide bonds. The molecule has 5 rings (SSSR count). The van der Waals surface area contributed by atoms with E-state index in [1.807, 2.05) is 68.6 Å². The summed E-state index contributed by atoms with van der Waals surface area (Å²) in [6, 6.07) is 22.2. The molecule has 2 aliphatic rings. The van der Waals surface area contributed by atoms with Gasteiger partial charge in [0, 0.05) is 36.8 Å². The zero-order valence-corrected chi connectivity index (χ0v) is 23.3. The average Bonchev–Trinajstić information content (AvgIpc) is 3.41. The smallest absolute Gasteiger partial charge is 0.274 e. The van der Waals surface area contributed by atoms with E-state index in [1.165, 1.54) is 17.4 Å². The first kappa shape index (κ1) is 25.3. The van der Waals surface area contributed by atoms with Crippen LogP contribution < -0.4 is 19.4 Å². The van der Waals surface area contributed by atoms with Crippen LogP contribution in [-0.4, -0.2) is 38.3 Å². The first-order valence-electron chi connectivity index (χ1n) is 12.3. The maximum Gasteiger partial charge on any atom is 0.274 e. The predicted molar refractivity (Wildman–Crippen MR) is 158 cm³/mol. The molecule has 6 nitrogen and oxygen atoms in total. The molecule has 0 atom stereocenters. The van der Waals surface area contributed by atoms with Crippen LogP contribution in [-0.2, 0) is 4.79 Å². The first-order chi connectivity index (χ1) is 17.9. The molecule has 8 heteroatoms. The van der Waals surface area contributed by atoms with E-state index in [0.717, 1.165) is 51.4 Å². The molecule has 3 aromatic rings. The standard InChI is InChI=1S/C29H30N4O2S2/c1-6-32(7-2)21-14-10-20(11-15-21)30-29-33(22-12-8-19(3)9-13-22)27(34)26(37-29)28-31(4)24-18-23(35-5)16-17-25(24)36-28/h8-18H,6-7H2,1-5H3. The minimum absolute atomic E-state index is 0.0681. The Morgan fingerprint density at radius 3 is 2.30 bits per heavy atom. The molecule has 37 heavy (non-hydrogen) atoms. The lowest BCUT2D eigenvalue weighted by atomic mass is 10.2. The minimum Gasteiger partial charge on any atom is -0.497 e. The molecular formula is C29H30N4O2S2. The number of nitrogens with zero attached hydrogens (tertiary/aromatic N) is 4. The van der Waals surface area contributed by atoms with Crippen molar-refractivity contribution in [3.8, 4) is 5.75 Å². The Hall–Kier alpha value is -3.36. The summed E-state index contributed by atoms with van der Waals surface area (Å²) < 4.78 is 5.42. The second-order valence-corrected chi connectivity index (χ2v) is 10.8. The fraction of sp³-hybridized carbons (Fsp3) is 0.241. The van der Waals surface area contributed by atoms with E-state index < -0.39 is 0 Å². The molecule has 0 spiro atoms. The van der Waals surface area contributed by atoms with Gasteiger partial charge in [-0.3, -0.25) is 9.69 Å². The van der Waals surface area contributed by atoms with Crippen molar-refractivity contribution in [2.45, 2.75) is 25.7 Å². The largest absolute Gasteiger partial charge is 0.497 e. The van der Waals surface area contributed by atoms with E-state index in [2.05, 4.69) is 35.8 Å². The van der Waals surface area contributed by atoms with E-state index in [1.54, 1.807) is 23.8 Å². The lowest BCUT2D eigenvalue weighted by Gasteiger charge is -2.21. The Kier molecular flexibility index (Phi) is 7.22. The van der Waals surface area contributed by atoms with Crippen molar-refractivity contribution in [1.82, 2.24) is 0 Å². The maximum atomic E-state index is 13.9. The second-order valence-electron chi connectivity index (χ2n) is 8.79. The quantitative estimate of drug-likeness (QED) is 0.319. The van der Waals surface area contributed by atoms with Gasteiger partial charge in [-0.2, -0.15) is 0 Å². The summed E-state index contributed by atoms with van der Waals surface area (Å²) in [7, 11) is 3.65. The number of hydrogen-bond acceptors (Lipinski definition) is 7. The van der Waals surface area contributed by atoms with Gasteiger partial charge in [-0.1, -0.05) is 29.5 Å². The molecule has 0 saturated carbocycles. The van der Waals surface area contributed by atoms with Crippen LogP contribution in [0.3, 0.4) is 0 Å². The molecule has 0 bridgehead atoms. The predicted octanol–water partition coefficient (Wildman–Crippen LogP) is 7.03. The third-order valence-electron chi connectivity index (χ3n) is 6.51. The van der Waals surface area contributed by atoms with E-state index >= 15 is 0 Å². The number of methoxy groups -OCH3 is 1. The molecule has 1 saturated heterocycles. The lowest BCUT2D eigenvalue weighted by molar-refractivity contribution is -0.113. The van der Waals surface area contributed by atoms with Crippen molar-refractivity contribution in [2.24, 2.45) is 4.99 Å². The van der Waals surface area contributed by atoms with Crippen molar-refractivity contribution >= 4 is 57.3 Å². The van der Waals surface area contributed by atoms with Crippen molar-refractivity contribution in [3.05, 3.63) is 82.2 Å². The van der Waals surface area contributed by atoms with Crippen LogP contribution in [0.5, 0.6) is 5.75 Å². The number of benzene rings is 3. The highest BCUT2D eigenvalue weighted by molar-refractivity contribution is 8.20. The third kappa shape index (κ3) is 4.83. The van der Waals surface area contributed by atoms with Crippen molar-refractivity contribution in [1.29, 1.82) is 0 Å². The molecule has 0 aromatic heterocycles. The third-order valence-corrected chi connectivity index (χ3v) is 8.90. The zero-order valence-electron chi connectivity index (χ0n) is 21.7. The van der Waals surface area contributed by atoms with Crippen molar-refractivity contribution in [2.75, 3.05) is 41.9 Å². The van der Waals surface area contributed by atoms with Gasteiger partial charge in [0.15, 0.2) is 5.17 Å². The van der Waals surface area contributed by atoms with Gasteiger partial charge in [0.25, 0.3) is 5.91 Å². The monoisotopic (exact) mass is 530 g/mol. The Bertz CT molecular complexity index is 1380. The van der Waals surface area contributed by atoms with Crippen LogP contribution in [0.15, 0.2) is 86.6 Å². The summed E-state index contributed by atoms with van der Waals surface area (Å²) in [6.07, 6.45) is 0. The number of aryl methyl sites for hydroxylation is 1. The summed E-state index contributed by atoms with van der Waals surface area (Å²) in [5.74, 6) is 0.723. The molecule has 1 fully saturated rings. The number of amidine groups is 1. The normalized spacial score (nSPS) is 18.1. The molecular weight excluding hydrogens is 500 g/mol. The number of thioether (sulfide) groups is 2. The molecule has 3 aromatic carbocycles. The molecule has 0 aliphatic carbocycles. The molecule has 0 N–H and O–H groups in total. The number of carbonyl (C=O) groups is 1. The van der Waals surface area contributed by atoms with E-state index in [4.69, 9.17) is 9.73 Å².